The fourth-order valence-corrected chi connectivity index (χ4v) is 7.44. The Morgan fingerprint density at radius 1 is 0.958 bits per heavy atom. The van der Waals surface area contributed by atoms with Crippen LogP contribution in [0.15, 0.2) is 60.7 Å². The number of hydrogen-bond acceptors (Lipinski definition) is 8. The quantitative estimate of drug-likeness (QED) is 0.162. The van der Waals surface area contributed by atoms with Crippen LogP contribution in [0.25, 0.3) is 0 Å². The third-order valence-corrected chi connectivity index (χ3v) is 10.6. The van der Waals surface area contributed by atoms with E-state index in [0.29, 0.717) is 24.0 Å². The largest absolute Gasteiger partial charge is 0.445 e. The van der Waals surface area contributed by atoms with E-state index in [1.54, 1.807) is 60.7 Å². The summed E-state index contributed by atoms with van der Waals surface area (Å²) in [6.45, 7) is 3.31. The highest BCUT2D eigenvalue weighted by Gasteiger charge is 2.43. The average Bonchev–Trinajstić information content (AvgIpc) is 3.59. The van der Waals surface area contributed by atoms with Gasteiger partial charge in [-0.1, -0.05) is 80.9 Å². The Hall–Kier alpha value is -4.50. The van der Waals surface area contributed by atoms with Crippen molar-refractivity contribution in [3.8, 4) is 0 Å². The van der Waals surface area contributed by atoms with Crippen molar-refractivity contribution in [2.24, 2.45) is 11.7 Å². The lowest BCUT2D eigenvalue weighted by Crippen LogP contribution is -2.56. The summed E-state index contributed by atoms with van der Waals surface area (Å²) >= 11 is 0. The van der Waals surface area contributed by atoms with Crippen LogP contribution in [-0.2, 0) is 47.0 Å². The fraction of sp³-hybridized carbons (Fsp3) is 0.485. The molecule has 48 heavy (non-hydrogen) atoms. The van der Waals surface area contributed by atoms with Crippen molar-refractivity contribution in [1.29, 1.82) is 0 Å². The monoisotopic (exact) mass is 686 g/mol. The maximum Gasteiger partial charge on any atom is 0.408 e. The second kappa shape index (κ2) is 18.2. The minimum absolute atomic E-state index is 0.00490. The van der Waals surface area contributed by atoms with Gasteiger partial charge in [-0.3, -0.25) is 19.2 Å². The molecule has 0 saturated carbocycles. The zero-order chi connectivity index (χ0) is 35.3. The molecule has 6 N–H and O–H groups in total. The molecule has 1 unspecified atom stereocenters. The number of nitrogens with two attached hydrogens (primary N) is 1. The molecule has 3 rings (SSSR count). The second-order valence-corrected chi connectivity index (χ2v) is 14.0. The maximum atomic E-state index is 14.2. The van der Waals surface area contributed by atoms with Crippen LogP contribution in [0, 0.1) is 5.92 Å². The van der Waals surface area contributed by atoms with Gasteiger partial charge in [-0.05, 0) is 36.3 Å². The summed E-state index contributed by atoms with van der Waals surface area (Å²) in [5.74, 6) is -2.86. The zero-order valence-corrected chi connectivity index (χ0v) is 28.3. The number of hydrogen-bond donors (Lipinski definition) is 5. The molecule has 262 valence electrons. The topological polar surface area (TPSA) is 206 Å². The van der Waals surface area contributed by atoms with Gasteiger partial charge in [0, 0.05) is 20.1 Å². The van der Waals surface area contributed by atoms with Crippen LogP contribution in [0.1, 0.15) is 50.7 Å². The Morgan fingerprint density at radius 3 is 2.17 bits per heavy atom. The summed E-state index contributed by atoms with van der Waals surface area (Å²) in [5, 5.41) is 8.97. The molecule has 1 heterocycles. The molecule has 1 aliphatic heterocycles. The molecule has 0 radical (unpaired) electrons. The molecule has 0 aromatic heterocycles. The molecular weight excluding hydrogens is 640 g/mol. The third-order valence-electron chi connectivity index (χ3n) is 8.33. The first-order valence-corrected chi connectivity index (χ1v) is 17.5. The number of amides is 5. The number of ether oxygens (including phenoxy) is 1. The van der Waals surface area contributed by atoms with Gasteiger partial charge >= 0.3 is 6.09 Å². The predicted octanol–water partition coefficient (Wildman–Crippen LogP) is 0.955. The van der Waals surface area contributed by atoms with E-state index in [2.05, 4.69) is 21.3 Å². The molecular formula is C33H46N6O8S. The molecule has 5 amide bonds. The number of nitrogens with zero attached hydrogens (tertiary/aromatic N) is 1. The third kappa shape index (κ3) is 10.8. The van der Waals surface area contributed by atoms with Crippen LogP contribution in [-0.4, -0.2) is 86.0 Å². The van der Waals surface area contributed by atoms with Gasteiger partial charge in [0.2, 0.25) is 33.7 Å². The standard InChI is InChI=1S/C33H46N6O8S/c1-4-22(2)29(32(43)35-3)38-31(42)27-16-11-17-39(27)48(45,46)25(18-23-12-7-5-8-13-23)20-36-30(41)26(19-28(34)40)37-33(44)47-21-24-14-9-6-10-15-24/h5-10,12-15,22,25-27,29H,4,11,16-21H2,1-3H3,(H2,34,40)(H,35,43)(H,36,41)(H,37,44)(H,38,42)/t22-,25?,26-,27-,29-/m0/s1. The van der Waals surface area contributed by atoms with Gasteiger partial charge in [0.15, 0.2) is 0 Å². The van der Waals surface area contributed by atoms with Crippen LogP contribution < -0.4 is 27.0 Å². The van der Waals surface area contributed by atoms with Crippen LogP contribution in [0.4, 0.5) is 4.79 Å². The van der Waals surface area contributed by atoms with E-state index in [1.807, 2.05) is 13.8 Å². The molecule has 2 aromatic carbocycles. The van der Waals surface area contributed by atoms with Crippen molar-refractivity contribution >= 4 is 39.7 Å². The van der Waals surface area contributed by atoms with Crippen molar-refractivity contribution < 1.29 is 37.1 Å². The number of nitrogens with one attached hydrogen (secondary N) is 4. The summed E-state index contributed by atoms with van der Waals surface area (Å²) in [7, 11) is -2.77. The average molecular weight is 687 g/mol. The van der Waals surface area contributed by atoms with Crippen LogP contribution >= 0.6 is 0 Å². The van der Waals surface area contributed by atoms with Gasteiger partial charge in [-0.25, -0.2) is 13.2 Å². The van der Waals surface area contributed by atoms with Gasteiger partial charge in [-0.15, -0.1) is 0 Å². The van der Waals surface area contributed by atoms with E-state index >= 15 is 0 Å². The van der Waals surface area contributed by atoms with E-state index in [0.717, 1.165) is 4.31 Å². The minimum Gasteiger partial charge on any atom is -0.445 e. The molecule has 1 fully saturated rings. The lowest BCUT2D eigenvalue weighted by Gasteiger charge is -2.30. The Labute approximate surface area is 281 Å². The first-order chi connectivity index (χ1) is 22.9. The number of alkyl carbamates (subject to hydrolysis) is 1. The van der Waals surface area contributed by atoms with E-state index in [1.165, 1.54) is 7.05 Å². The van der Waals surface area contributed by atoms with Crippen molar-refractivity contribution in [1.82, 2.24) is 25.6 Å². The maximum absolute atomic E-state index is 14.2. The summed E-state index contributed by atoms with van der Waals surface area (Å²) in [4.78, 5) is 63.5. The SMILES string of the molecule is CC[C@H](C)[C@H](NC(=O)[C@@H]1CCCN1S(=O)(=O)C(CNC(=O)[C@H](CC(N)=O)NC(=O)OCc1ccccc1)Cc1ccccc1)C(=O)NC. The Balaban J connectivity index is 1.78. The van der Waals surface area contributed by atoms with Crippen molar-refractivity contribution in [3.05, 3.63) is 71.8 Å². The normalized spacial score (nSPS) is 17.3. The van der Waals surface area contributed by atoms with Gasteiger partial charge < -0.3 is 31.7 Å². The summed E-state index contributed by atoms with van der Waals surface area (Å²) in [5.41, 5.74) is 6.72. The van der Waals surface area contributed by atoms with E-state index in [4.69, 9.17) is 10.5 Å². The Morgan fingerprint density at radius 2 is 1.58 bits per heavy atom. The number of sulfonamides is 1. The highest BCUT2D eigenvalue weighted by molar-refractivity contribution is 7.89. The molecule has 1 saturated heterocycles. The fourth-order valence-electron chi connectivity index (χ4n) is 5.42. The minimum atomic E-state index is -4.23. The number of carbonyl (C=O) groups is 5. The molecule has 0 bridgehead atoms. The Bertz CT molecular complexity index is 1510. The zero-order valence-electron chi connectivity index (χ0n) is 27.5. The van der Waals surface area contributed by atoms with Gasteiger partial charge in [0.25, 0.3) is 0 Å². The molecule has 2 aromatic rings. The molecule has 0 spiro atoms. The van der Waals surface area contributed by atoms with E-state index in [9.17, 15) is 32.4 Å². The van der Waals surface area contributed by atoms with Crippen molar-refractivity contribution in [2.75, 3.05) is 20.1 Å². The summed E-state index contributed by atoms with van der Waals surface area (Å²) in [6.07, 6.45) is -0.237. The van der Waals surface area contributed by atoms with Crippen LogP contribution in [0.3, 0.4) is 0 Å². The van der Waals surface area contributed by atoms with E-state index < -0.39 is 70.2 Å². The number of primary amides is 1. The van der Waals surface area contributed by atoms with Gasteiger partial charge in [0.05, 0.1) is 11.7 Å². The van der Waals surface area contributed by atoms with Crippen LogP contribution in [0.5, 0.6) is 0 Å². The molecule has 0 aliphatic carbocycles. The smallest absolute Gasteiger partial charge is 0.408 e. The molecule has 1 aliphatic rings. The lowest BCUT2D eigenvalue weighted by molar-refractivity contribution is -0.131. The molecule has 15 heteroatoms. The Kier molecular flexibility index (Phi) is 14.4. The van der Waals surface area contributed by atoms with Crippen molar-refractivity contribution in [2.45, 2.75) is 75.9 Å². The highest BCUT2D eigenvalue weighted by atomic mass is 32.2. The van der Waals surface area contributed by atoms with Crippen LogP contribution in [0.2, 0.25) is 0 Å². The number of carbonyl (C=O) groups excluding carboxylic acids is 5. The lowest BCUT2D eigenvalue weighted by atomic mass is 9.98. The van der Waals surface area contributed by atoms with Gasteiger partial charge in [0.1, 0.15) is 24.7 Å². The number of likely N-dealkylation sites (N-methyl/N-ethyl adjacent to an activating group) is 1. The predicted molar refractivity (Wildman–Crippen MR) is 178 cm³/mol. The first-order valence-electron chi connectivity index (χ1n) is 16.0. The highest BCUT2D eigenvalue weighted by Crippen LogP contribution is 2.26. The first kappa shape index (κ1) is 38.0. The van der Waals surface area contributed by atoms with E-state index in [-0.39, 0.29) is 37.8 Å². The van der Waals surface area contributed by atoms with Crippen molar-refractivity contribution in [3.63, 3.8) is 0 Å². The van der Waals surface area contributed by atoms with Gasteiger partial charge in [-0.2, -0.15) is 4.31 Å². The molecule has 14 nitrogen and oxygen atoms in total. The summed E-state index contributed by atoms with van der Waals surface area (Å²) < 4.78 is 34.8. The molecule has 5 atom stereocenters. The second-order valence-electron chi connectivity index (χ2n) is 11.8. The number of rotatable bonds is 17. The summed E-state index contributed by atoms with van der Waals surface area (Å²) in [6, 6.07) is 14.3. The number of benzene rings is 2.